The molecular weight excluding hydrogens is 463 g/mol. The molecule has 5 rings (SSSR count). The smallest absolute Gasteiger partial charge is 0.247 e. The molecule has 3 heterocycles. The molecule has 0 atom stereocenters. The first kappa shape index (κ1) is 19.9. The lowest BCUT2D eigenvalue weighted by atomic mass is 10.1. The van der Waals surface area contributed by atoms with Crippen LogP contribution in [-0.4, -0.2) is 30.5 Å². The van der Waals surface area contributed by atoms with Crippen molar-refractivity contribution < 1.29 is 9.18 Å². The molecule has 1 saturated carbocycles. The summed E-state index contributed by atoms with van der Waals surface area (Å²) in [5.74, 6) is 0.393. The van der Waals surface area contributed by atoms with Gasteiger partial charge in [0, 0.05) is 23.3 Å². The molecule has 4 aromatic rings. The molecule has 9 heteroatoms. The van der Waals surface area contributed by atoms with Gasteiger partial charge in [-0.15, -0.1) is 0 Å². The van der Waals surface area contributed by atoms with E-state index in [1.54, 1.807) is 40.0 Å². The maximum atomic E-state index is 13.9. The Bertz CT molecular complexity index is 1290. The Kier molecular flexibility index (Phi) is 5.05. The number of aromatic nitrogens is 5. The predicted molar refractivity (Wildman–Crippen MR) is 118 cm³/mol. The van der Waals surface area contributed by atoms with Crippen LogP contribution in [0.5, 0.6) is 0 Å². The Morgan fingerprint density at radius 2 is 2.06 bits per heavy atom. The van der Waals surface area contributed by atoms with Crippen LogP contribution in [0, 0.1) is 12.7 Å². The first-order valence-electron chi connectivity index (χ1n) is 10.1. The van der Waals surface area contributed by atoms with Gasteiger partial charge in [0.15, 0.2) is 11.5 Å². The normalized spacial score (nSPS) is 13.6. The van der Waals surface area contributed by atoms with Gasteiger partial charge >= 0.3 is 0 Å². The van der Waals surface area contributed by atoms with Crippen molar-refractivity contribution in [1.29, 1.82) is 0 Å². The second-order valence-corrected chi connectivity index (χ2v) is 8.63. The molecule has 0 aliphatic heterocycles. The Balaban J connectivity index is 1.33. The van der Waals surface area contributed by atoms with E-state index >= 15 is 0 Å². The highest BCUT2D eigenvalue weighted by Gasteiger charge is 2.27. The van der Waals surface area contributed by atoms with Gasteiger partial charge in [0.1, 0.15) is 12.4 Å². The summed E-state index contributed by atoms with van der Waals surface area (Å²) in [5.41, 5.74) is 3.39. The highest BCUT2D eigenvalue weighted by atomic mass is 79.9. The number of rotatable bonds is 6. The van der Waals surface area contributed by atoms with E-state index in [-0.39, 0.29) is 24.8 Å². The molecule has 31 heavy (non-hydrogen) atoms. The largest absolute Gasteiger partial charge is 0.307 e. The van der Waals surface area contributed by atoms with Crippen molar-refractivity contribution in [2.24, 2.45) is 0 Å². The van der Waals surface area contributed by atoms with Crippen LogP contribution < -0.4 is 5.32 Å². The fourth-order valence-corrected chi connectivity index (χ4v) is 4.24. The summed E-state index contributed by atoms with van der Waals surface area (Å²) in [6.07, 6.45) is 5.87. The van der Waals surface area contributed by atoms with Crippen LogP contribution >= 0.6 is 15.9 Å². The van der Waals surface area contributed by atoms with E-state index in [1.165, 1.54) is 24.5 Å². The second kappa shape index (κ2) is 7.88. The van der Waals surface area contributed by atoms with Crippen molar-refractivity contribution in [1.82, 2.24) is 24.5 Å². The molecule has 1 aliphatic rings. The third-order valence-electron chi connectivity index (χ3n) is 5.42. The number of pyridine rings is 1. The predicted octanol–water partition coefficient (Wildman–Crippen LogP) is 4.40. The van der Waals surface area contributed by atoms with Gasteiger partial charge in [0.25, 0.3) is 0 Å². The first-order chi connectivity index (χ1) is 15.0. The summed E-state index contributed by atoms with van der Waals surface area (Å²) >= 11 is 3.41. The maximum Gasteiger partial charge on any atom is 0.247 e. The van der Waals surface area contributed by atoms with Crippen molar-refractivity contribution >= 4 is 38.7 Å². The van der Waals surface area contributed by atoms with Gasteiger partial charge in [-0.25, -0.2) is 14.1 Å². The second-order valence-electron chi connectivity index (χ2n) is 7.78. The van der Waals surface area contributed by atoms with Crippen LogP contribution in [0.1, 0.15) is 35.6 Å². The molecule has 1 N–H and O–H groups in total. The molecule has 1 aromatic carbocycles. The van der Waals surface area contributed by atoms with Crippen molar-refractivity contribution in [3.8, 4) is 0 Å². The molecule has 1 aliphatic carbocycles. The van der Waals surface area contributed by atoms with Crippen molar-refractivity contribution in [2.45, 2.75) is 38.8 Å². The monoisotopic (exact) mass is 482 g/mol. The molecule has 0 unspecified atom stereocenters. The number of fused-ring (bicyclic) bond motifs is 1. The van der Waals surface area contributed by atoms with Crippen molar-refractivity contribution in [3.63, 3.8) is 0 Å². The van der Waals surface area contributed by atoms with Gasteiger partial charge < -0.3 is 5.32 Å². The van der Waals surface area contributed by atoms with Crippen LogP contribution in [0.3, 0.4) is 0 Å². The Morgan fingerprint density at radius 1 is 1.26 bits per heavy atom. The Morgan fingerprint density at radius 3 is 2.84 bits per heavy atom. The van der Waals surface area contributed by atoms with Crippen LogP contribution in [-0.2, 0) is 17.9 Å². The van der Waals surface area contributed by atoms with Gasteiger partial charge in [-0.3, -0.25) is 9.48 Å². The highest BCUT2D eigenvalue weighted by Crippen LogP contribution is 2.43. The van der Waals surface area contributed by atoms with E-state index in [0.29, 0.717) is 21.8 Å². The highest BCUT2D eigenvalue weighted by molar-refractivity contribution is 9.10. The summed E-state index contributed by atoms with van der Waals surface area (Å²) in [4.78, 5) is 17.2. The van der Waals surface area contributed by atoms with Gasteiger partial charge in [-0.05, 0) is 59.3 Å². The van der Waals surface area contributed by atoms with Crippen LogP contribution in [0.4, 0.5) is 10.2 Å². The van der Waals surface area contributed by atoms with Gasteiger partial charge in [0.2, 0.25) is 5.91 Å². The average Bonchev–Trinajstić information content (AvgIpc) is 3.47. The van der Waals surface area contributed by atoms with E-state index < -0.39 is 0 Å². The SMILES string of the molecule is Cc1nn(CC(=O)Nc2nn(Cc3ccccc3F)cc2Br)c2nccc(C3CC3)c12. The lowest BCUT2D eigenvalue weighted by Crippen LogP contribution is -2.20. The van der Waals surface area contributed by atoms with Crippen molar-refractivity contribution in [2.75, 3.05) is 5.32 Å². The zero-order valence-electron chi connectivity index (χ0n) is 16.8. The lowest BCUT2D eigenvalue weighted by molar-refractivity contribution is -0.116. The van der Waals surface area contributed by atoms with Crippen molar-refractivity contribution in [3.05, 3.63) is 69.8 Å². The molecule has 1 amide bonds. The fourth-order valence-electron chi connectivity index (χ4n) is 3.83. The van der Waals surface area contributed by atoms with E-state index in [1.807, 2.05) is 6.92 Å². The number of nitrogens with zero attached hydrogens (tertiary/aromatic N) is 5. The molecule has 158 valence electrons. The number of nitrogens with one attached hydrogen (secondary N) is 1. The number of anilines is 1. The minimum absolute atomic E-state index is 0.0259. The summed E-state index contributed by atoms with van der Waals surface area (Å²) < 4.78 is 17.7. The van der Waals surface area contributed by atoms with E-state index in [9.17, 15) is 9.18 Å². The van der Waals surface area contributed by atoms with E-state index in [2.05, 4.69) is 42.5 Å². The molecule has 0 radical (unpaired) electrons. The van der Waals surface area contributed by atoms with E-state index in [0.717, 1.165) is 16.7 Å². The number of halogens is 2. The number of carbonyl (C=O) groups excluding carboxylic acids is 1. The third kappa shape index (κ3) is 3.97. The third-order valence-corrected chi connectivity index (χ3v) is 6.00. The molecular formula is C22H20BrFN6O. The van der Waals surface area contributed by atoms with Crippen LogP contribution in [0.2, 0.25) is 0 Å². The summed E-state index contributed by atoms with van der Waals surface area (Å²) in [6, 6.07) is 8.59. The van der Waals surface area contributed by atoms with Gasteiger partial charge in [-0.2, -0.15) is 10.2 Å². The minimum atomic E-state index is -0.293. The molecule has 1 fully saturated rings. The molecule has 0 bridgehead atoms. The molecule has 7 nitrogen and oxygen atoms in total. The van der Waals surface area contributed by atoms with E-state index in [4.69, 9.17) is 0 Å². The first-order valence-corrected chi connectivity index (χ1v) is 10.9. The number of amides is 1. The van der Waals surface area contributed by atoms with Crippen LogP contribution in [0.25, 0.3) is 11.0 Å². The number of hydrogen-bond acceptors (Lipinski definition) is 4. The maximum absolute atomic E-state index is 13.9. The number of aryl methyl sites for hydroxylation is 1. The summed E-state index contributed by atoms with van der Waals surface area (Å²) in [5, 5.41) is 12.8. The molecule has 0 spiro atoms. The fraction of sp³-hybridized carbons (Fsp3) is 0.273. The standard InChI is InChI=1S/C22H20BrFN6O/c1-13-20-16(14-6-7-14)8-9-25-22(20)30(27-13)12-19(31)26-21-17(23)11-29(28-21)10-15-4-2-3-5-18(15)24/h2-5,8-9,11,14H,6-7,10,12H2,1H3,(H,26,28,31). The number of benzene rings is 1. The Labute approximate surface area is 186 Å². The van der Waals surface area contributed by atoms with Crippen LogP contribution in [0.15, 0.2) is 47.2 Å². The minimum Gasteiger partial charge on any atom is -0.307 e. The molecule has 0 saturated heterocycles. The topological polar surface area (TPSA) is 77.6 Å². The average molecular weight is 483 g/mol. The quantitative estimate of drug-likeness (QED) is 0.441. The van der Waals surface area contributed by atoms with Gasteiger partial charge in [-0.1, -0.05) is 18.2 Å². The van der Waals surface area contributed by atoms with Gasteiger partial charge in [0.05, 0.1) is 16.7 Å². The molecule has 3 aromatic heterocycles. The summed E-state index contributed by atoms with van der Waals surface area (Å²) in [7, 11) is 0. The Hall–Kier alpha value is -3.07. The number of hydrogen-bond donors (Lipinski definition) is 1. The zero-order valence-corrected chi connectivity index (χ0v) is 18.4. The summed E-state index contributed by atoms with van der Waals surface area (Å²) in [6.45, 7) is 2.24. The lowest BCUT2D eigenvalue weighted by Gasteiger charge is -2.05. The number of carbonyl (C=O) groups is 1. The zero-order chi connectivity index (χ0) is 21.5.